The molecule has 0 saturated heterocycles. The molecular formula is C14H19N3O. The van der Waals surface area contributed by atoms with E-state index in [1.807, 2.05) is 38.4 Å². The highest BCUT2D eigenvalue weighted by Crippen LogP contribution is 2.26. The summed E-state index contributed by atoms with van der Waals surface area (Å²) in [4.78, 5) is 0. The van der Waals surface area contributed by atoms with Gasteiger partial charge in [0.05, 0.1) is 12.8 Å². The van der Waals surface area contributed by atoms with Gasteiger partial charge in [-0.15, -0.1) is 0 Å². The number of nitrogens with two attached hydrogens (primary N) is 1. The van der Waals surface area contributed by atoms with Crippen LogP contribution in [0, 0.1) is 6.92 Å². The summed E-state index contributed by atoms with van der Waals surface area (Å²) >= 11 is 0. The van der Waals surface area contributed by atoms with Gasteiger partial charge in [-0.2, -0.15) is 5.10 Å². The van der Waals surface area contributed by atoms with Crippen molar-refractivity contribution in [1.29, 1.82) is 0 Å². The molecule has 0 fully saturated rings. The first-order valence-electron chi connectivity index (χ1n) is 5.99. The van der Waals surface area contributed by atoms with Crippen LogP contribution in [0.2, 0.25) is 0 Å². The second kappa shape index (κ2) is 5.23. The SMILES string of the molecule is COc1cc(C)ccc1C(N)Cc1ccn(C)n1. The third-order valence-corrected chi connectivity index (χ3v) is 2.99. The van der Waals surface area contributed by atoms with Crippen LogP contribution >= 0.6 is 0 Å². The van der Waals surface area contributed by atoms with Gasteiger partial charge in [0.1, 0.15) is 5.75 Å². The van der Waals surface area contributed by atoms with Crippen LogP contribution in [0.3, 0.4) is 0 Å². The van der Waals surface area contributed by atoms with E-state index >= 15 is 0 Å². The van der Waals surface area contributed by atoms with Crippen molar-refractivity contribution < 1.29 is 4.74 Å². The third-order valence-electron chi connectivity index (χ3n) is 2.99. The number of nitrogens with zero attached hydrogens (tertiary/aromatic N) is 2. The van der Waals surface area contributed by atoms with Gasteiger partial charge in [0, 0.05) is 31.3 Å². The summed E-state index contributed by atoms with van der Waals surface area (Å²) in [6, 6.07) is 7.97. The van der Waals surface area contributed by atoms with Gasteiger partial charge >= 0.3 is 0 Å². The summed E-state index contributed by atoms with van der Waals surface area (Å²) in [6.07, 6.45) is 2.63. The maximum absolute atomic E-state index is 6.23. The van der Waals surface area contributed by atoms with E-state index in [0.717, 1.165) is 17.0 Å². The lowest BCUT2D eigenvalue weighted by Gasteiger charge is -2.15. The van der Waals surface area contributed by atoms with Crippen molar-refractivity contribution in [2.24, 2.45) is 12.8 Å². The molecular weight excluding hydrogens is 226 g/mol. The van der Waals surface area contributed by atoms with Gasteiger partial charge < -0.3 is 10.5 Å². The Kier molecular flexibility index (Phi) is 3.67. The van der Waals surface area contributed by atoms with E-state index in [4.69, 9.17) is 10.5 Å². The lowest BCUT2D eigenvalue weighted by atomic mass is 10.0. The number of rotatable bonds is 4. The van der Waals surface area contributed by atoms with E-state index in [0.29, 0.717) is 6.42 Å². The molecule has 0 radical (unpaired) electrons. The fourth-order valence-corrected chi connectivity index (χ4v) is 2.03. The molecule has 0 aliphatic carbocycles. The van der Waals surface area contributed by atoms with Crippen LogP contribution in [0.15, 0.2) is 30.5 Å². The zero-order chi connectivity index (χ0) is 13.1. The molecule has 4 heteroatoms. The Morgan fingerprint density at radius 3 is 2.78 bits per heavy atom. The van der Waals surface area contributed by atoms with Crippen molar-refractivity contribution >= 4 is 0 Å². The molecule has 4 nitrogen and oxygen atoms in total. The normalized spacial score (nSPS) is 12.4. The van der Waals surface area contributed by atoms with Gasteiger partial charge in [-0.3, -0.25) is 4.68 Å². The van der Waals surface area contributed by atoms with Crippen molar-refractivity contribution in [3.8, 4) is 5.75 Å². The predicted molar refractivity (Wildman–Crippen MR) is 71.6 cm³/mol. The number of aromatic nitrogens is 2. The number of aryl methyl sites for hydroxylation is 2. The average Bonchev–Trinajstić information content (AvgIpc) is 2.74. The Labute approximate surface area is 107 Å². The predicted octanol–water partition coefficient (Wildman–Crippen LogP) is 1.98. The quantitative estimate of drug-likeness (QED) is 0.896. The molecule has 2 aromatic rings. The molecule has 2 N–H and O–H groups in total. The minimum absolute atomic E-state index is 0.101. The highest BCUT2D eigenvalue weighted by molar-refractivity contribution is 5.39. The van der Waals surface area contributed by atoms with E-state index in [1.54, 1.807) is 11.8 Å². The van der Waals surface area contributed by atoms with Gasteiger partial charge in [0.2, 0.25) is 0 Å². The summed E-state index contributed by atoms with van der Waals surface area (Å²) in [5.41, 5.74) is 9.42. The largest absolute Gasteiger partial charge is 0.496 e. The fourth-order valence-electron chi connectivity index (χ4n) is 2.03. The Morgan fingerprint density at radius 1 is 1.39 bits per heavy atom. The van der Waals surface area contributed by atoms with Gasteiger partial charge in [-0.1, -0.05) is 12.1 Å². The van der Waals surface area contributed by atoms with Crippen LogP contribution in [0.4, 0.5) is 0 Å². The van der Waals surface area contributed by atoms with Crippen LogP contribution in [-0.2, 0) is 13.5 Å². The topological polar surface area (TPSA) is 53.1 Å². The summed E-state index contributed by atoms with van der Waals surface area (Å²) in [5, 5.41) is 4.35. The minimum atomic E-state index is -0.101. The monoisotopic (exact) mass is 245 g/mol. The van der Waals surface area contributed by atoms with E-state index < -0.39 is 0 Å². The highest BCUT2D eigenvalue weighted by atomic mass is 16.5. The summed E-state index contributed by atoms with van der Waals surface area (Å²) < 4.78 is 7.17. The summed E-state index contributed by atoms with van der Waals surface area (Å²) in [7, 11) is 3.58. The summed E-state index contributed by atoms with van der Waals surface area (Å²) in [5.74, 6) is 0.846. The van der Waals surface area contributed by atoms with Gasteiger partial charge in [-0.05, 0) is 24.6 Å². The molecule has 1 aromatic heterocycles. The number of benzene rings is 1. The van der Waals surface area contributed by atoms with Gasteiger partial charge in [-0.25, -0.2) is 0 Å². The molecule has 2 rings (SSSR count). The van der Waals surface area contributed by atoms with E-state index in [9.17, 15) is 0 Å². The lowest BCUT2D eigenvalue weighted by Crippen LogP contribution is -2.15. The number of hydrogen-bond acceptors (Lipinski definition) is 3. The zero-order valence-electron chi connectivity index (χ0n) is 11.1. The first-order valence-corrected chi connectivity index (χ1v) is 5.99. The molecule has 1 unspecified atom stereocenters. The van der Waals surface area contributed by atoms with Crippen molar-refractivity contribution in [1.82, 2.24) is 9.78 Å². The second-order valence-electron chi connectivity index (χ2n) is 4.54. The Hall–Kier alpha value is -1.81. The van der Waals surface area contributed by atoms with E-state index in [-0.39, 0.29) is 6.04 Å². The smallest absolute Gasteiger partial charge is 0.123 e. The van der Waals surface area contributed by atoms with Gasteiger partial charge in [0.15, 0.2) is 0 Å². The standard InChI is InChI=1S/C14H19N3O/c1-10-4-5-12(14(8-10)18-3)13(15)9-11-6-7-17(2)16-11/h4-8,13H,9,15H2,1-3H3. The van der Waals surface area contributed by atoms with E-state index in [1.165, 1.54) is 5.56 Å². The fraction of sp³-hybridized carbons (Fsp3) is 0.357. The maximum atomic E-state index is 6.23. The van der Waals surface area contributed by atoms with Crippen molar-refractivity contribution in [3.63, 3.8) is 0 Å². The number of methoxy groups -OCH3 is 1. The Bertz CT molecular complexity index is 534. The van der Waals surface area contributed by atoms with Crippen LogP contribution < -0.4 is 10.5 Å². The van der Waals surface area contributed by atoms with Crippen molar-refractivity contribution in [2.75, 3.05) is 7.11 Å². The lowest BCUT2D eigenvalue weighted by molar-refractivity contribution is 0.405. The zero-order valence-corrected chi connectivity index (χ0v) is 11.1. The van der Waals surface area contributed by atoms with Crippen LogP contribution in [-0.4, -0.2) is 16.9 Å². The molecule has 18 heavy (non-hydrogen) atoms. The van der Waals surface area contributed by atoms with Gasteiger partial charge in [0.25, 0.3) is 0 Å². The molecule has 0 aliphatic heterocycles. The first-order chi connectivity index (χ1) is 8.60. The molecule has 0 bridgehead atoms. The van der Waals surface area contributed by atoms with Crippen molar-refractivity contribution in [2.45, 2.75) is 19.4 Å². The molecule has 1 atom stereocenters. The van der Waals surface area contributed by atoms with Crippen LogP contribution in [0.25, 0.3) is 0 Å². The number of ether oxygens (including phenoxy) is 1. The summed E-state index contributed by atoms with van der Waals surface area (Å²) in [6.45, 7) is 2.04. The molecule has 1 heterocycles. The number of hydrogen-bond donors (Lipinski definition) is 1. The van der Waals surface area contributed by atoms with Crippen LogP contribution in [0.5, 0.6) is 5.75 Å². The average molecular weight is 245 g/mol. The Balaban J connectivity index is 2.20. The molecule has 0 amide bonds. The molecule has 0 aliphatic rings. The molecule has 96 valence electrons. The molecule has 0 saturated carbocycles. The van der Waals surface area contributed by atoms with E-state index in [2.05, 4.69) is 11.2 Å². The highest BCUT2D eigenvalue weighted by Gasteiger charge is 2.13. The van der Waals surface area contributed by atoms with Crippen LogP contribution in [0.1, 0.15) is 22.9 Å². The minimum Gasteiger partial charge on any atom is -0.496 e. The first kappa shape index (κ1) is 12.6. The maximum Gasteiger partial charge on any atom is 0.123 e. The third kappa shape index (κ3) is 2.71. The molecule has 1 aromatic carbocycles. The van der Waals surface area contributed by atoms with Crippen molar-refractivity contribution in [3.05, 3.63) is 47.3 Å². The molecule has 0 spiro atoms. The second-order valence-corrected chi connectivity index (χ2v) is 4.54. The Morgan fingerprint density at radius 2 is 2.17 bits per heavy atom.